The fraction of sp³-hybridized carbons (Fsp3) is 0.625. The monoisotopic (exact) mass is 261 g/mol. The van der Waals surface area contributed by atoms with Gasteiger partial charge in [0.25, 0.3) is 0 Å². The molecule has 0 bridgehead atoms. The lowest BCUT2D eigenvalue weighted by Gasteiger charge is -2.46. The maximum Gasteiger partial charge on any atom is 0.0542 e. The topological polar surface area (TPSA) is 18.5 Å². The number of piperazine rings is 1. The van der Waals surface area contributed by atoms with Crippen LogP contribution in [0.15, 0.2) is 24.3 Å². The minimum Gasteiger partial charge on any atom is -0.364 e. The molecule has 1 atom stereocenters. The maximum atomic E-state index is 3.66. The average molecular weight is 261 g/mol. The number of hydrogen-bond donors (Lipinski definition) is 1. The number of rotatable bonds is 3. The summed E-state index contributed by atoms with van der Waals surface area (Å²) in [5.41, 5.74) is 2.85. The van der Waals surface area contributed by atoms with Crippen LogP contribution in [0.2, 0.25) is 0 Å². The van der Waals surface area contributed by atoms with E-state index in [0.29, 0.717) is 6.04 Å². The highest BCUT2D eigenvalue weighted by atomic mass is 15.3. The second-order valence-corrected chi connectivity index (χ2v) is 6.65. The van der Waals surface area contributed by atoms with Crippen LogP contribution in [0.25, 0.3) is 0 Å². The second kappa shape index (κ2) is 5.51. The summed E-state index contributed by atoms with van der Waals surface area (Å²) in [6, 6.07) is 9.38. The zero-order valence-electron chi connectivity index (χ0n) is 12.9. The lowest BCUT2D eigenvalue weighted by molar-refractivity contribution is 0.268. The first kappa shape index (κ1) is 14.4. The Morgan fingerprint density at radius 3 is 2.74 bits per heavy atom. The Labute approximate surface area is 117 Å². The van der Waals surface area contributed by atoms with E-state index < -0.39 is 0 Å². The molecule has 1 aliphatic rings. The maximum absolute atomic E-state index is 3.66. The summed E-state index contributed by atoms with van der Waals surface area (Å²) in [5.74, 6) is 0. The highest BCUT2D eigenvalue weighted by molar-refractivity contribution is 5.50. The molecule has 1 aromatic rings. The molecule has 0 aliphatic carbocycles. The Kier molecular flexibility index (Phi) is 4.16. The minimum absolute atomic E-state index is 0.173. The molecule has 1 heterocycles. The fourth-order valence-electron chi connectivity index (χ4n) is 2.81. The third-order valence-electron chi connectivity index (χ3n) is 3.73. The van der Waals surface area contributed by atoms with Gasteiger partial charge in [-0.15, -0.1) is 0 Å². The minimum atomic E-state index is 0.173. The molecule has 1 fully saturated rings. The summed E-state index contributed by atoms with van der Waals surface area (Å²) >= 11 is 0. The molecule has 0 radical (unpaired) electrons. The SMILES string of the molecule is Cc1cccc(N2CC(C)(C)NCC2CN(C)C)c1. The quantitative estimate of drug-likeness (QED) is 0.899. The highest BCUT2D eigenvalue weighted by Crippen LogP contribution is 2.24. The van der Waals surface area contributed by atoms with Gasteiger partial charge in [0.2, 0.25) is 0 Å². The van der Waals surface area contributed by atoms with E-state index in [-0.39, 0.29) is 5.54 Å². The zero-order valence-corrected chi connectivity index (χ0v) is 12.9. The summed E-state index contributed by atoms with van der Waals surface area (Å²) < 4.78 is 0. The second-order valence-electron chi connectivity index (χ2n) is 6.65. The van der Waals surface area contributed by atoms with Crippen molar-refractivity contribution < 1.29 is 0 Å². The first-order valence-corrected chi connectivity index (χ1v) is 7.10. The number of hydrogen-bond acceptors (Lipinski definition) is 3. The van der Waals surface area contributed by atoms with Gasteiger partial charge in [-0.1, -0.05) is 12.1 Å². The summed E-state index contributed by atoms with van der Waals surface area (Å²) in [6.07, 6.45) is 0. The summed E-state index contributed by atoms with van der Waals surface area (Å²) in [6.45, 7) is 9.90. The molecule has 0 amide bonds. The van der Waals surface area contributed by atoms with Gasteiger partial charge in [-0.3, -0.25) is 0 Å². The molecule has 0 aromatic heterocycles. The summed E-state index contributed by atoms with van der Waals surface area (Å²) in [7, 11) is 4.29. The van der Waals surface area contributed by atoms with E-state index >= 15 is 0 Å². The van der Waals surface area contributed by atoms with Crippen LogP contribution in [0, 0.1) is 6.92 Å². The standard InChI is InChI=1S/C16H27N3/c1-13-7-6-8-14(9-13)19-12-16(2,3)17-10-15(19)11-18(4)5/h6-9,15,17H,10-12H2,1-5H3. The van der Waals surface area contributed by atoms with Crippen LogP contribution in [0.1, 0.15) is 19.4 Å². The molecule has 3 nitrogen and oxygen atoms in total. The number of aryl methyl sites for hydroxylation is 1. The van der Waals surface area contributed by atoms with Crippen LogP contribution in [0.5, 0.6) is 0 Å². The van der Waals surface area contributed by atoms with Gasteiger partial charge in [0.15, 0.2) is 0 Å². The predicted molar refractivity (Wildman–Crippen MR) is 82.9 cm³/mol. The normalized spacial score (nSPS) is 22.8. The number of anilines is 1. The largest absolute Gasteiger partial charge is 0.364 e. The van der Waals surface area contributed by atoms with Crippen LogP contribution in [0.4, 0.5) is 5.69 Å². The third-order valence-corrected chi connectivity index (χ3v) is 3.73. The summed E-state index contributed by atoms with van der Waals surface area (Å²) in [5, 5.41) is 3.66. The molecule has 1 aromatic carbocycles. The van der Waals surface area contributed by atoms with Gasteiger partial charge in [0.1, 0.15) is 0 Å². The van der Waals surface area contributed by atoms with Crippen molar-refractivity contribution in [2.45, 2.75) is 32.4 Å². The Morgan fingerprint density at radius 2 is 2.11 bits per heavy atom. The van der Waals surface area contributed by atoms with Crippen molar-refractivity contribution in [1.82, 2.24) is 10.2 Å². The van der Waals surface area contributed by atoms with Gasteiger partial charge >= 0.3 is 0 Å². The molecule has 106 valence electrons. The van der Waals surface area contributed by atoms with E-state index in [2.05, 4.69) is 74.2 Å². The molecule has 1 aliphatic heterocycles. The van der Waals surface area contributed by atoms with Crippen LogP contribution < -0.4 is 10.2 Å². The van der Waals surface area contributed by atoms with Gasteiger partial charge in [0.05, 0.1) is 6.04 Å². The Hall–Kier alpha value is -1.06. The number of nitrogens with one attached hydrogen (secondary N) is 1. The molecular weight excluding hydrogens is 234 g/mol. The van der Waals surface area contributed by atoms with E-state index in [9.17, 15) is 0 Å². The third kappa shape index (κ3) is 3.71. The van der Waals surface area contributed by atoms with Crippen molar-refractivity contribution >= 4 is 5.69 Å². The zero-order chi connectivity index (χ0) is 14.0. The van der Waals surface area contributed by atoms with E-state index in [1.54, 1.807) is 0 Å². The highest BCUT2D eigenvalue weighted by Gasteiger charge is 2.32. The van der Waals surface area contributed by atoms with Gasteiger partial charge in [0, 0.05) is 30.9 Å². The van der Waals surface area contributed by atoms with Crippen LogP contribution in [-0.4, -0.2) is 50.2 Å². The molecule has 1 unspecified atom stereocenters. The predicted octanol–water partition coefficient (Wildman–Crippen LogP) is 2.11. The first-order chi connectivity index (χ1) is 8.87. The lowest BCUT2D eigenvalue weighted by atomic mass is 9.97. The molecule has 3 heteroatoms. The molecule has 0 spiro atoms. The van der Waals surface area contributed by atoms with Crippen molar-refractivity contribution in [1.29, 1.82) is 0 Å². The number of benzene rings is 1. The smallest absolute Gasteiger partial charge is 0.0542 e. The van der Waals surface area contributed by atoms with Crippen molar-refractivity contribution in [3.05, 3.63) is 29.8 Å². The lowest BCUT2D eigenvalue weighted by Crippen LogP contribution is -2.63. The molecule has 2 rings (SSSR count). The van der Waals surface area contributed by atoms with Gasteiger partial charge in [-0.25, -0.2) is 0 Å². The Balaban J connectivity index is 2.24. The van der Waals surface area contributed by atoms with Gasteiger partial charge in [-0.2, -0.15) is 0 Å². The van der Waals surface area contributed by atoms with Crippen LogP contribution in [0.3, 0.4) is 0 Å². The number of likely N-dealkylation sites (N-methyl/N-ethyl adjacent to an activating group) is 1. The molecule has 1 saturated heterocycles. The van der Waals surface area contributed by atoms with Crippen LogP contribution >= 0.6 is 0 Å². The van der Waals surface area contributed by atoms with Crippen molar-refractivity contribution in [3.63, 3.8) is 0 Å². The van der Waals surface area contributed by atoms with Crippen molar-refractivity contribution in [3.8, 4) is 0 Å². The van der Waals surface area contributed by atoms with Crippen LogP contribution in [-0.2, 0) is 0 Å². The van der Waals surface area contributed by atoms with Gasteiger partial charge < -0.3 is 15.1 Å². The fourth-order valence-corrected chi connectivity index (χ4v) is 2.81. The summed E-state index contributed by atoms with van der Waals surface area (Å²) in [4.78, 5) is 4.83. The van der Waals surface area contributed by atoms with Crippen molar-refractivity contribution in [2.75, 3.05) is 38.6 Å². The molecule has 0 saturated carbocycles. The average Bonchev–Trinajstić information content (AvgIpc) is 2.31. The molecular formula is C16H27N3. The van der Waals surface area contributed by atoms with E-state index in [1.807, 2.05) is 0 Å². The molecule has 1 N–H and O–H groups in total. The van der Waals surface area contributed by atoms with Gasteiger partial charge in [-0.05, 0) is 52.6 Å². The van der Waals surface area contributed by atoms with E-state index in [1.165, 1.54) is 11.3 Å². The first-order valence-electron chi connectivity index (χ1n) is 7.10. The Bertz CT molecular complexity index is 426. The van der Waals surface area contributed by atoms with E-state index in [0.717, 1.165) is 19.6 Å². The number of nitrogens with zero attached hydrogens (tertiary/aromatic N) is 2. The Morgan fingerprint density at radius 1 is 1.37 bits per heavy atom. The van der Waals surface area contributed by atoms with E-state index in [4.69, 9.17) is 0 Å². The van der Waals surface area contributed by atoms with Crippen molar-refractivity contribution in [2.24, 2.45) is 0 Å². The molecule has 19 heavy (non-hydrogen) atoms.